The molecule has 5 rings (SSSR count). The maximum absolute atomic E-state index is 13.7. The van der Waals surface area contributed by atoms with E-state index in [2.05, 4.69) is 46.5 Å². The maximum atomic E-state index is 13.7. The number of pyridine rings is 1. The van der Waals surface area contributed by atoms with E-state index >= 15 is 0 Å². The number of fused-ring (bicyclic) bond motifs is 1. The minimum Gasteiger partial charge on any atom is -0.341 e. The number of halogens is 2. The zero-order valence-electron chi connectivity index (χ0n) is 21.3. The van der Waals surface area contributed by atoms with Crippen LogP contribution in [0.3, 0.4) is 0 Å². The number of likely N-dealkylation sites (tertiary alicyclic amines) is 1. The third kappa shape index (κ3) is 5.00. The number of aromatic nitrogens is 2. The van der Waals surface area contributed by atoms with Crippen molar-refractivity contribution in [1.29, 1.82) is 0 Å². The van der Waals surface area contributed by atoms with Gasteiger partial charge in [-0.05, 0) is 61.8 Å². The number of rotatable bonds is 8. The predicted octanol–water partition coefficient (Wildman–Crippen LogP) is 6.81. The third-order valence-electron chi connectivity index (χ3n) is 7.47. The van der Waals surface area contributed by atoms with Gasteiger partial charge >= 0.3 is 0 Å². The first-order valence-corrected chi connectivity index (χ1v) is 13.4. The molecule has 1 atom stereocenters. The summed E-state index contributed by atoms with van der Waals surface area (Å²) in [6.45, 7) is 8.68. The van der Waals surface area contributed by atoms with E-state index in [1.165, 1.54) is 18.3 Å². The minimum atomic E-state index is -0.589. The molecule has 37 heavy (non-hydrogen) atoms. The molecule has 1 aliphatic heterocycles. The summed E-state index contributed by atoms with van der Waals surface area (Å²) in [6.07, 6.45) is 3.09. The second kappa shape index (κ2) is 11.0. The summed E-state index contributed by atoms with van der Waals surface area (Å²) in [5.74, 6) is -0.707. The van der Waals surface area contributed by atoms with E-state index in [0.29, 0.717) is 17.1 Å². The Hall–Kier alpha value is -3.22. The summed E-state index contributed by atoms with van der Waals surface area (Å²) in [5, 5.41) is 1.78. The van der Waals surface area contributed by atoms with Crippen LogP contribution in [0.25, 0.3) is 22.0 Å². The highest BCUT2D eigenvalue weighted by Gasteiger charge is 2.36. The minimum absolute atomic E-state index is 0.115. The van der Waals surface area contributed by atoms with Crippen LogP contribution in [0.2, 0.25) is 5.02 Å². The van der Waals surface area contributed by atoms with Gasteiger partial charge in [0.05, 0.1) is 11.6 Å². The fourth-order valence-corrected chi connectivity index (χ4v) is 5.76. The predicted molar refractivity (Wildman–Crippen MR) is 147 cm³/mol. The molecule has 7 heteroatoms. The first-order valence-electron chi connectivity index (χ1n) is 13.0. The molecule has 0 radical (unpaired) electrons. The van der Waals surface area contributed by atoms with Crippen LogP contribution < -0.4 is 0 Å². The molecule has 2 aromatic carbocycles. The van der Waals surface area contributed by atoms with Crippen molar-refractivity contribution < 1.29 is 9.18 Å². The Labute approximate surface area is 222 Å². The summed E-state index contributed by atoms with van der Waals surface area (Å²) >= 11 is 6.52. The summed E-state index contributed by atoms with van der Waals surface area (Å²) < 4.78 is 15.9. The van der Waals surface area contributed by atoms with Gasteiger partial charge in [-0.3, -0.25) is 4.79 Å². The van der Waals surface area contributed by atoms with Gasteiger partial charge in [0.1, 0.15) is 0 Å². The van der Waals surface area contributed by atoms with E-state index in [4.69, 9.17) is 11.6 Å². The molecule has 0 aliphatic carbocycles. The smallest absolute Gasteiger partial charge is 0.255 e. The Morgan fingerprint density at radius 3 is 2.59 bits per heavy atom. The number of carbonyl (C=O) groups is 1. The Balaban J connectivity index is 1.69. The average molecular weight is 519 g/mol. The lowest BCUT2D eigenvalue weighted by atomic mass is 9.97. The number of nitrogens with zero attached hydrogens (tertiary/aromatic N) is 4. The van der Waals surface area contributed by atoms with Crippen molar-refractivity contribution in [2.24, 2.45) is 0 Å². The van der Waals surface area contributed by atoms with Crippen LogP contribution in [0.15, 0.2) is 66.9 Å². The topological polar surface area (TPSA) is 41.4 Å². The SMILES string of the molecule is CCN(CC)CCn1c(C2CCCN2C(=O)c2ccc(F)nc2)c(-c2ccccc2)c2cc(Cl)ccc21. The normalized spacial score (nSPS) is 15.7. The largest absolute Gasteiger partial charge is 0.341 e. The van der Waals surface area contributed by atoms with Gasteiger partial charge in [0.2, 0.25) is 5.95 Å². The van der Waals surface area contributed by atoms with Crippen LogP contribution >= 0.6 is 11.6 Å². The fourth-order valence-electron chi connectivity index (χ4n) is 5.59. The fraction of sp³-hybridized carbons (Fsp3) is 0.333. The highest BCUT2D eigenvalue weighted by Crippen LogP contribution is 2.44. The van der Waals surface area contributed by atoms with E-state index in [-0.39, 0.29) is 11.9 Å². The Morgan fingerprint density at radius 1 is 1.11 bits per heavy atom. The van der Waals surface area contributed by atoms with Gasteiger partial charge in [-0.15, -0.1) is 0 Å². The average Bonchev–Trinajstić information content (AvgIpc) is 3.52. The van der Waals surface area contributed by atoms with E-state index in [9.17, 15) is 9.18 Å². The number of amides is 1. The second-order valence-electron chi connectivity index (χ2n) is 9.49. The Morgan fingerprint density at radius 2 is 1.89 bits per heavy atom. The van der Waals surface area contributed by atoms with Crippen molar-refractivity contribution in [2.45, 2.75) is 39.3 Å². The lowest BCUT2D eigenvalue weighted by molar-refractivity contribution is 0.0730. The zero-order chi connectivity index (χ0) is 25.9. The third-order valence-corrected chi connectivity index (χ3v) is 7.70. The molecular weight excluding hydrogens is 487 g/mol. The quantitative estimate of drug-likeness (QED) is 0.240. The van der Waals surface area contributed by atoms with Gasteiger partial charge in [0.25, 0.3) is 5.91 Å². The first-order chi connectivity index (χ1) is 18.0. The van der Waals surface area contributed by atoms with Crippen molar-refractivity contribution in [3.8, 4) is 11.1 Å². The van der Waals surface area contributed by atoms with E-state index in [0.717, 1.165) is 66.7 Å². The van der Waals surface area contributed by atoms with Gasteiger partial charge in [-0.25, -0.2) is 4.98 Å². The van der Waals surface area contributed by atoms with Crippen molar-refractivity contribution in [1.82, 2.24) is 19.4 Å². The Bertz CT molecular complexity index is 1380. The molecule has 4 aromatic rings. The zero-order valence-corrected chi connectivity index (χ0v) is 22.1. The van der Waals surface area contributed by atoms with Crippen molar-refractivity contribution in [3.63, 3.8) is 0 Å². The molecule has 0 N–H and O–H groups in total. The van der Waals surface area contributed by atoms with Crippen LogP contribution in [0, 0.1) is 5.95 Å². The van der Waals surface area contributed by atoms with Gasteiger partial charge < -0.3 is 14.4 Å². The van der Waals surface area contributed by atoms with Crippen LogP contribution in [-0.2, 0) is 6.54 Å². The number of hydrogen-bond acceptors (Lipinski definition) is 3. The van der Waals surface area contributed by atoms with Crippen molar-refractivity contribution >= 4 is 28.4 Å². The summed E-state index contributed by atoms with van der Waals surface area (Å²) in [5.41, 5.74) is 4.89. The molecule has 0 bridgehead atoms. The maximum Gasteiger partial charge on any atom is 0.255 e. The molecule has 2 aromatic heterocycles. The van der Waals surface area contributed by atoms with Crippen LogP contribution in [-0.4, -0.2) is 51.4 Å². The van der Waals surface area contributed by atoms with Gasteiger partial charge in [0, 0.05) is 53.0 Å². The molecule has 3 heterocycles. The lowest BCUT2D eigenvalue weighted by Gasteiger charge is -2.28. The number of hydrogen-bond donors (Lipinski definition) is 0. The van der Waals surface area contributed by atoms with E-state index in [1.807, 2.05) is 35.2 Å². The van der Waals surface area contributed by atoms with Crippen LogP contribution in [0.5, 0.6) is 0 Å². The highest BCUT2D eigenvalue weighted by molar-refractivity contribution is 6.31. The molecule has 5 nitrogen and oxygen atoms in total. The molecule has 192 valence electrons. The number of likely N-dealkylation sites (N-methyl/N-ethyl adjacent to an activating group) is 1. The van der Waals surface area contributed by atoms with Crippen molar-refractivity contribution in [3.05, 3.63) is 89.1 Å². The number of carbonyl (C=O) groups excluding carboxylic acids is 1. The van der Waals surface area contributed by atoms with Gasteiger partial charge in [0.15, 0.2) is 0 Å². The summed E-state index contributed by atoms with van der Waals surface area (Å²) in [4.78, 5) is 21.7. The standard InChI is InChI=1S/C30H32ClFN4O/c1-3-34(4-2)17-18-35-25-14-13-23(31)19-24(25)28(21-9-6-5-7-10-21)29(35)26-11-8-16-36(26)30(37)22-12-15-27(32)33-20-22/h5-7,9-10,12-15,19-20,26H,3-4,8,11,16-18H2,1-2H3. The molecule has 1 saturated heterocycles. The first kappa shape index (κ1) is 25.4. The van der Waals surface area contributed by atoms with Gasteiger partial charge in [-0.1, -0.05) is 55.8 Å². The molecule has 0 saturated carbocycles. The molecule has 1 aliphatic rings. The summed E-state index contributed by atoms with van der Waals surface area (Å²) in [6, 6.07) is 19.1. The monoisotopic (exact) mass is 518 g/mol. The van der Waals surface area contributed by atoms with Crippen LogP contribution in [0.1, 0.15) is 48.8 Å². The van der Waals surface area contributed by atoms with E-state index in [1.54, 1.807) is 0 Å². The summed E-state index contributed by atoms with van der Waals surface area (Å²) in [7, 11) is 0. The van der Waals surface area contributed by atoms with Crippen LogP contribution in [0.4, 0.5) is 4.39 Å². The second-order valence-corrected chi connectivity index (χ2v) is 9.93. The lowest BCUT2D eigenvalue weighted by Crippen LogP contribution is -2.33. The molecule has 1 amide bonds. The Kier molecular flexibility index (Phi) is 7.58. The molecule has 0 spiro atoms. The van der Waals surface area contributed by atoms with E-state index < -0.39 is 5.95 Å². The number of benzene rings is 2. The molecule has 1 fully saturated rings. The van der Waals surface area contributed by atoms with Crippen molar-refractivity contribution in [2.75, 3.05) is 26.2 Å². The van der Waals surface area contributed by atoms with Gasteiger partial charge in [-0.2, -0.15) is 4.39 Å². The highest BCUT2D eigenvalue weighted by atomic mass is 35.5. The molecular formula is C30H32ClFN4O. The molecule has 1 unspecified atom stereocenters.